The lowest BCUT2D eigenvalue weighted by molar-refractivity contribution is 0.0467. The Morgan fingerprint density at radius 3 is 2.62 bits per heavy atom. The van der Waals surface area contributed by atoms with Crippen LogP contribution in [-0.2, 0) is 5.60 Å². The van der Waals surface area contributed by atoms with Crippen molar-refractivity contribution in [1.82, 2.24) is 0 Å². The van der Waals surface area contributed by atoms with Gasteiger partial charge in [-0.2, -0.15) is 0 Å². The molecular weight excluding hydrogens is 169 g/mol. The summed E-state index contributed by atoms with van der Waals surface area (Å²) >= 11 is 0. The summed E-state index contributed by atoms with van der Waals surface area (Å²) in [6, 6.07) is 6.20. The predicted molar refractivity (Wildman–Crippen MR) is 49.6 cm³/mol. The van der Waals surface area contributed by atoms with E-state index in [0.717, 1.165) is 0 Å². The normalized spacial score (nSPS) is 15.4. The molecule has 0 aliphatic carbocycles. The fraction of sp³-hybridized carbons (Fsp3) is 0.400. The first kappa shape index (κ1) is 10.2. The molecule has 0 aliphatic rings. The smallest absolute Gasteiger partial charge is 0.129 e. The van der Waals surface area contributed by atoms with Gasteiger partial charge in [0.2, 0.25) is 0 Å². The van der Waals surface area contributed by atoms with E-state index >= 15 is 0 Å². The highest BCUT2D eigenvalue weighted by Crippen LogP contribution is 2.25. The average Bonchev–Trinajstić information content (AvgIpc) is 2.04. The summed E-state index contributed by atoms with van der Waals surface area (Å²) in [6.07, 6.45) is 0.355. The molecule has 0 aromatic heterocycles. The molecule has 3 N–H and O–H groups in total. The number of aliphatic hydroxyl groups is 1. The quantitative estimate of drug-likeness (QED) is 0.743. The molecule has 0 fully saturated rings. The van der Waals surface area contributed by atoms with Gasteiger partial charge in [0.05, 0.1) is 5.60 Å². The van der Waals surface area contributed by atoms with Gasteiger partial charge < -0.3 is 10.8 Å². The van der Waals surface area contributed by atoms with Gasteiger partial charge in [0.15, 0.2) is 0 Å². The van der Waals surface area contributed by atoms with Gasteiger partial charge in [0.1, 0.15) is 5.82 Å². The van der Waals surface area contributed by atoms with Crippen molar-refractivity contribution in [2.75, 3.05) is 6.54 Å². The maximum absolute atomic E-state index is 13.2. The van der Waals surface area contributed by atoms with E-state index in [1.54, 1.807) is 25.1 Å². The van der Waals surface area contributed by atoms with Gasteiger partial charge in [-0.3, -0.25) is 0 Å². The summed E-state index contributed by atoms with van der Waals surface area (Å²) in [5.41, 5.74) is 4.46. The second-order valence-electron chi connectivity index (χ2n) is 3.29. The molecule has 0 heterocycles. The van der Waals surface area contributed by atoms with Crippen molar-refractivity contribution >= 4 is 0 Å². The maximum Gasteiger partial charge on any atom is 0.129 e. The zero-order valence-corrected chi connectivity index (χ0v) is 7.63. The average molecular weight is 183 g/mol. The van der Waals surface area contributed by atoms with Crippen molar-refractivity contribution in [2.24, 2.45) is 5.73 Å². The van der Waals surface area contributed by atoms with Crippen LogP contribution in [0.15, 0.2) is 24.3 Å². The first-order chi connectivity index (χ1) is 6.08. The van der Waals surface area contributed by atoms with Crippen LogP contribution >= 0.6 is 0 Å². The molecule has 72 valence electrons. The summed E-state index contributed by atoms with van der Waals surface area (Å²) in [5, 5.41) is 9.85. The molecule has 0 bridgehead atoms. The number of benzene rings is 1. The fourth-order valence-electron chi connectivity index (χ4n) is 1.31. The molecule has 13 heavy (non-hydrogen) atoms. The first-order valence-corrected chi connectivity index (χ1v) is 4.25. The fourth-order valence-corrected chi connectivity index (χ4v) is 1.31. The molecule has 2 nitrogen and oxygen atoms in total. The minimum atomic E-state index is -1.17. The third-order valence-corrected chi connectivity index (χ3v) is 2.09. The SMILES string of the molecule is CC(O)(CCN)c1ccccc1F. The monoisotopic (exact) mass is 183 g/mol. The van der Waals surface area contributed by atoms with Crippen LogP contribution in [0.25, 0.3) is 0 Å². The van der Waals surface area contributed by atoms with Gasteiger partial charge in [-0.1, -0.05) is 18.2 Å². The Morgan fingerprint density at radius 2 is 2.08 bits per heavy atom. The van der Waals surface area contributed by atoms with Crippen LogP contribution in [0.2, 0.25) is 0 Å². The molecule has 0 radical (unpaired) electrons. The van der Waals surface area contributed by atoms with Gasteiger partial charge >= 0.3 is 0 Å². The number of nitrogens with two attached hydrogens (primary N) is 1. The largest absolute Gasteiger partial charge is 0.385 e. The molecule has 0 saturated carbocycles. The van der Waals surface area contributed by atoms with E-state index in [1.807, 2.05) is 0 Å². The van der Waals surface area contributed by atoms with E-state index in [0.29, 0.717) is 18.5 Å². The van der Waals surface area contributed by atoms with E-state index in [9.17, 15) is 9.50 Å². The van der Waals surface area contributed by atoms with Gasteiger partial charge in [-0.05, 0) is 26.0 Å². The van der Waals surface area contributed by atoms with E-state index in [1.165, 1.54) is 6.07 Å². The third kappa shape index (κ3) is 2.26. The number of rotatable bonds is 3. The number of hydrogen-bond donors (Lipinski definition) is 2. The molecule has 1 unspecified atom stereocenters. The Morgan fingerprint density at radius 1 is 1.46 bits per heavy atom. The van der Waals surface area contributed by atoms with Crippen molar-refractivity contribution in [3.8, 4) is 0 Å². The van der Waals surface area contributed by atoms with Crippen LogP contribution in [0.4, 0.5) is 4.39 Å². The molecular formula is C10H14FNO. The van der Waals surface area contributed by atoms with Crippen LogP contribution in [0, 0.1) is 5.82 Å². The zero-order valence-electron chi connectivity index (χ0n) is 7.63. The minimum absolute atomic E-state index is 0.306. The highest BCUT2D eigenvalue weighted by molar-refractivity contribution is 5.23. The van der Waals surface area contributed by atoms with E-state index in [2.05, 4.69) is 0 Å². The first-order valence-electron chi connectivity index (χ1n) is 4.25. The van der Waals surface area contributed by atoms with Crippen LogP contribution < -0.4 is 5.73 Å². The zero-order chi connectivity index (χ0) is 9.90. The Labute approximate surface area is 77.2 Å². The van der Waals surface area contributed by atoms with E-state index in [4.69, 9.17) is 5.73 Å². The summed E-state index contributed by atoms with van der Waals surface area (Å²) in [7, 11) is 0. The van der Waals surface area contributed by atoms with Crippen molar-refractivity contribution in [2.45, 2.75) is 18.9 Å². The van der Waals surface area contributed by atoms with Crippen LogP contribution in [0.1, 0.15) is 18.9 Å². The van der Waals surface area contributed by atoms with Crippen molar-refractivity contribution in [1.29, 1.82) is 0 Å². The molecule has 1 aromatic rings. The summed E-state index contributed by atoms with van der Waals surface area (Å²) < 4.78 is 13.2. The van der Waals surface area contributed by atoms with Gasteiger partial charge in [-0.15, -0.1) is 0 Å². The number of halogens is 1. The van der Waals surface area contributed by atoms with Gasteiger partial charge in [-0.25, -0.2) is 4.39 Å². The summed E-state index contributed by atoms with van der Waals surface area (Å²) in [6.45, 7) is 1.90. The lowest BCUT2D eigenvalue weighted by Gasteiger charge is -2.23. The van der Waals surface area contributed by atoms with E-state index in [-0.39, 0.29) is 5.82 Å². The summed E-state index contributed by atoms with van der Waals surface area (Å²) in [5.74, 6) is -0.388. The second kappa shape index (κ2) is 3.85. The van der Waals surface area contributed by atoms with Gasteiger partial charge in [0.25, 0.3) is 0 Å². The molecule has 0 amide bonds. The molecule has 1 aromatic carbocycles. The molecule has 3 heteroatoms. The topological polar surface area (TPSA) is 46.2 Å². The highest BCUT2D eigenvalue weighted by Gasteiger charge is 2.24. The van der Waals surface area contributed by atoms with Crippen molar-refractivity contribution < 1.29 is 9.50 Å². The second-order valence-corrected chi connectivity index (χ2v) is 3.29. The van der Waals surface area contributed by atoms with Crippen molar-refractivity contribution in [3.63, 3.8) is 0 Å². The molecule has 0 spiro atoms. The predicted octanol–water partition coefficient (Wildman–Crippen LogP) is 1.38. The Kier molecular flexibility index (Phi) is 3.01. The highest BCUT2D eigenvalue weighted by atomic mass is 19.1. The molecule has 0 aliphatic heterocycles. The third-order valence-electron chi connectivity index (χ3n) is 2.09. The maximum atomic E-state index is 13.2. The van der Waals surface area contributed by atoms with Crippen LogP contribution in [-0.4, -0.2) is 11.7 Å². The molecule has 0 saturated heterocycles. The molecule has 1 rings (SSSR count). The minimum Gasteiger partial charge on any atom is -0.385 e. The van der Waals surface area contributed by atoms with Gasteiger partial charge in [0, 0.05) is 5.56 Å². The molecule has 1 atom stereocenters. The Hall–Kier alpha value is -0.930. The Bertz CT molecular complexity index is 286. The lowest BCUT2D eigenvalue weighted by atomic mass is 9.92. The van der Waals surface area contributed by atoms with Crippen LogP contribution in [0.5, 0.6) is 0 Å². The lowest BCUT2D eigenvalue weighted by Crippen LogP contribution is -2.26. The number of hydrogen-bond acceptors (Lipinski definition) is 2. The van der Waals surface area contributed by atoms with Crippen molar-refractivity contribution in [3.05, 3.63) is 35.6 Å². The van der Waals surface area contributed by atoms with Crippen LogP contribution in [0.3, 0.4) is 0 Å². The standard InChI is InChI=1S/C10H14FNO/c1-10(13,6-7-12)8-4-2-3-5-9(8)11/h2-5,13H,6-7,12H2,1H3. The van der Waals surface area contributed by atoms with E-state index < -0.39 is 5.60 Å². The summed E-state index contributed by atoms with van der Waals surface area (Å²) in [4.78, 5) is 0. The Balaban J connectivity index is 2.99.